The van der Waals surface area contributed by atoms with Gasteiger partial charge in [-0.05, 0) is 56.0 Å². The van der Waals surface area contributed by atoms with Crippen molar-refractivity contribution in [2.75, 3.05) is 48.8 Å². The lowest BCUT2D eigenvalue weighted by Gasteiger charge is -2.41. The fraction of sp³-hybridized carbons (Fsp3) is 0.571. The van der Waals surface area contributed by atoms with Crippen LogP contribution in [-0.2, 0) is 14.6 Å². The Kier molecular flexibility index (Phi) is 6.72. The lowest BCUT2D eigenvalue weighted by molar-refractivity contribution is 0.0366. The number of hydrogen-bond acceptors (Lipinski definition) is 8. The molecule has 3 aliphatic heterocycles. The molecule has 0 bridgehead atoms. The van der Waals surface area contributed by atoms with E-state index in [2.05, 4.69) is 20.9 Å². The summed E-state index contributed by atoms with van der Waals surface area (Å²) in [4.78, 5) is 24.0. The zero-order valence-corrected chi connectivity index (χ0v) is 22.7. The second-order valence-electron chi connectivity index (χ2n) is 11.2. The molecule has 38 heavy (non-hydrogen) atoms. The zero-order chi connectivity index (χ0) is 26.3. The van der Waals surface area contributed by atoms with Crippen LogP contribution < -0.4 is 14.5 Å². The van der Waals surface area contributed by atoms with Crippen LogP contribution in [0.15, 0.2) is 47.5 Å². The number of benzene rings is 1. The van der Waals surface area contributed by atoms with E-state index in [1.807, 2.05) is 12.3 Å². The highest BCUT2D eigenvalue weighted by Crippen LogP contribution is 2.37. The Labute approximate surface area is 224 Å². The fourth-order valence-corrected chi connectivity index (χ4v) is 6.67. The number of carbonyl (C=O) groups excluding carboxylic acids is 1. The maximum atomic E-state index is 12.7. The molecule has 1 aromatic carbocycles. The summed E-state index contributed by atoms with van der Waals surface area (Å²) in [6.07, 6.45) is 10.6. The van der Waals surface area contributed by atoms with Crippen LogP contribution in [0.4, 0.5) is 16.2 Å². The molecule has 6 rings (SSSR count). The van der Waals surface area contributed by atoms with Crippen molar-refractivity contribution in [2.24, 2.45) is 0 Å². The van der Waals surface area contributed by atoms with Gasteiger partial charge in [-0.2, -0.15) is 0 Å². The molecule has 204 valence electrons. The number of amides is 1. The molecule has 1 amide bonds. The Morgan fingerprint density at radius 2 is 1.63 bits per heavy atom. The van der Waals surface area contributed by atoms with E-state index in [4.69, 9.17) is 9.47 Å². The van der Waals surface area contributed by atoms with Gasteiger partial charge in [0.15, 0.2) is 9.84 Å². The second kappa shape index (κ2) is 10.0. The first-order valence-corrected chi connectivity index (χ1v) is 15.6. The van der Waals surface area contributed by atoms with Gasteiger partial charge in [-0.25, -0.2) is 18.2 Å². The third kappa shape index (κ3) is 5.20. The molecule has 4 aliphatic rings. The molecule has 0 unspecified atom stereocenters. The van der Waals surface area contributed by atoms with E-state index in [-0.39, 0.29) is 17.1 Å². The minimum Gasteiger partial charge on any atom is -0.474 e. The molecular formula is C28H36N4O5S. The Bertz CT molecular complexity index is 1250. The molecular weight excluding hydrogens is 504 g/mol. The fourth-order valence-electron chi connectivity index (χ4n) is 6.04. The standard InChI is InChI=1S/C28H36N4O5S/c1-38(34,35)25-8-5-22(6-9-25)32-20-28(37-27(32)33)13-17-31(18-14-28)23-7-10-26(29-19-23)36-24-11-15-30(16-12-24)21-3-2-4-21/h5-10,19,21,24H,2-4,11-18,20H2,1H3. The summed E-state index contributed by atoms with van der Waals surface area (Å²) in [7, 11) is -3.29. The molecule has 1 aliphatic carbocycles. The van der Waals surface area contributed by atoms with Crippen molar-refractivity contribution in [3.05, 3.63) is 42.6 Å². The smallest absolute Gasteiger partial charge is 0.415 e. The number of hydrogen-bond donors (Lipinski definition) is 0. The highest BCUT2D eigenvalue weighted by molar-refractivity contribution is 7.90. The minimum atomic E-state index is -3.29. The molecule has 3 saturated heterocycles. The molecule has 4 heterocycles. The Balaban J connectivity index is 1.01. The zero-order valence-electron chi connectivity index (χ0n) is 21.9. The quantitative estimate of drug-likeness (QED) is 0.545. The maximum absolute atomic E-state index is 12.7. The van der Waals surface area contributed by atoms with E-state index in [1.165, 1.54) is 37.7 Å². The Morgan fingerprint density at radius 3 is 2.21 bits per heavy atom. The average Bonchev–Trinajstić information content (AvgIpc) is 3.20. The van der Waals surface area contributed by atoms with Gasteiger partial charge in [0.2, 0.25) is 5.88 Å². The van der Waals surface area contributed by atoms with Crippen LogP contribution in [0.2, 0.25) is 0 Å². The number of aromatic nitrogens is 1. The number of likely N-dealkylation sites (tertiary alicyclic amines) is 1. The minimum absolute atomic E-state index is 0.233. The van der Waals surface area contributed by atoms with Gasteiger partial charge >= 0.3 is 6.09 Å². The molecule has 0 atom stereocenters. The van der Waals surface area contributed by atoms with Gasteiger partial charge in [-0.15, -0.1) is 0 Å². The van der Waals surface area contributed by atoms with E-state index in [9.17, 15) is 13.2 Å². The largest absolute Gasteiger partial charge is 0.474 e. The van der Waals surface area contributed by atoms with Gasteiger partial charge in [-0.3, -0.25) is 4.90 Å². The van der Waals surface area contributed by atoms with E-state index in [0.717, 1.165) is 50.7 Å². The van der Waals surface area contributed by atoms with Gasteiger partial charge < -0.3 is 19.3 Å². The normalized spacial score (nSPS) is 22.9. The highest BCUT2D eigenvalue weighted by Gasteiger charge is 2.47. The van der Waals surface area contributed by atoms with Crippen molar-refractivity contribution in [1.82, 2.24) is 9.88 Å². The Hall–Kier alpha value is -2.85. The molecule has 4 fully saturated rings. The van der Waals surface area contributed by atoms with Crippen molar-refractivity contribution < 1.29 is 22.7 Å². The SMILES string of the molecule is CS(=O)(=O)c1ccc(N2CC3(CCN(c4ccc(OC5CCN(C6CCC6)CC5)nc4)CC3)OC2=O)cc1. The van der Waals surface area contributed by atoms with Crippen LogP contribution in [-0.4, -0.2) is 81.1 Å². The third-order valence-corrected chi connectivity index (χ3v) is 9.79. The third-order valence-electron chi connectivity index (χ3n) is 8.66. The molecule has 0 radical (unpaired) electrons. The van der Waals surface area contributed by atoms with Gasteiger partial charge in [0.05, 0.1) is 23.3 Å². The summed E-state index contributed by atoms with van der Waals surface area (Å²) in [5, 5.41) is 0. The van der Waals surface area contributed by atoms with Gasteiger partial charge in [-0.1, -0.05) is 6.42 Å². The summed E-state index contributed by atoms with van der Waals surface area (Å²) in [5.41, 5.74) is 1.16. The van der Waals surface area contributed by atoms with Crippen LogP contribution in [0, 0.1) is 0 Å². The van der Waals surface area contributed by atoms with Crippen molar-refractivity contribution in [3.8, 4) is 5.88 Å². The first kappa shape index (κ1) is 25.4. The van der Waals surface area contributed by atoms with Gasteiger partial charge in [0, 0.05) is 63.1 Å². The number of piperidine rings is 2. The number of ether oxygens (including phenoxy) is 2. The van der Waals surface area contributed by atoms with E-state index in [1.54, 1.807) is 17.0 Å². The number of anilines is 2. The number of sulfone groups is 1. The van der Waals surface area contributed by atoms with Crippen molar-refractivity contribution >= 4 is 27.3 Å². The van der Waals surface area contributed by atoms with Crippen molar-refractivity contribution in [3.63, 3.8) is 0 Å². The van der Waals surface area contributed by atoms with Crippen molar-refractivity contribution in [1.29, 1.82) is 0 Å². The molecule has 1 saturated carbocycles. The summed E-state index contributed by atoms with van der Waals surface area (Å²) >= 11 is 0. The van der Waals surface area contributed by atoms with Crippen LogP contribution in [0.1, 0.15) is 44.9 Å². The molecule has 9 nitrogen and oxygen atoms in total. The summed E-state index contributed by atoms with van der Waals surface area (Å²) in [5.74, 6) is 0.687. The van der Waals surface area contributed by atoms with E-state index >= 15 is 0 Å². The molecule has 1 spiro atoms. The van der Waals surface area contributed by atoms with Crippen molar-refractivity contribution in [2.45, 2.75) is 67.6 Å². The van der Waals surface area contributed by atoms with Crippen LogP contribution in [0.25, 0.3) is 0 Å². The van der Waals surface area contributed by atoms with Crippen LogP contribution in [0.5, 0.6) is 5.88 Å². The first-order valence-electron chi connectivity index (χ1n) is 13.7. The predicted molar refractivity (Wildman–Crippen MR) is 145 cm³/mol. The van der Waals surface area contributed by atoms with E-state index in [0.29, 0.717) is 31.0 Å². The number of nitrogens with zero attached hydrogens (tertiary/aromatic N) is 4. The number of pyridine rings is 1. The second-order valence-corrected chi connectivity index (χ2v) is 13.2. The monoisotopic (exact) mass is 540 g/mol. The molecule has 2 aromatic rings. The van der Waals surface area contributed by atoms with Gasteiger partial charge in [0.1, 0.15) is 11.7 Å². The van der Waals surface area contributed by atoms with Gasteiger partial charge in [0.25, 0.3) is 0 Å². The summed E-state index contributed by atoms with van der Waals surface area (Å²) in [6.45, 7) is 4.22. The maximum Gasteiger partial charge on any atom is 0.415 e. The highest BCUT2D eigenvalue weighted by atomic mass is 32.2. The number of carbonyl (C=O) groups is 1. The lowest BCUT2D eigenvalue weighted by atomic mass is 9.90. The van der Waals surface area contributed by atoms with Crippen LogP contribution >= 0.6 is 0 Å². The predicted octanol–water partition coefficient (Wildman–Crippen LogP) is 3.88. The summed E-state index contributed by atoms with van der Waals surface area (Å²) in [6, 6.07) is 11.2. The topological polar surface area (TPSA) is 92.3 Å². The molecule has 10 heteroatoms. The summed E-state index contributed by atoms with van der Waals surface area (Å²) < 4.78 is 35.6. The number of rotatable bonds is 6. The molecule has 0 N–H and O–H groups in total. The first-order chi connectivity index (χ1) is 18.3. The Morgan fingerprint density at radius 1 is 0.947 bits per heavy atom. The average molecular weight is 541 g/mol. The van der Waals surface area contributed by atoms with Crippen LogP contribution in [0.3, 0.4) is 0 Å². The molecule has 1 aromatic heterocycles. The lowest BCUT2D eigenvalue weighted by Crippen LogP contribution is -2.47. The van der Waals surface area contributed by atoms with E-state index < -0.39 is 15.4 Å².